The van der Waals surface area contributed by atoms with Crippen LogP contribution in [-0.2, 0) is 37.9 Å². The Balaban J connectivity index is 1.29. The van der Waals surface area contributed by atoms with E-state index in [1.54, 1.807) is 0 Å². The zero-order valence-electron chi connectivity index (χ0n) is 47.0. The predicted molar refractivity (Wildman–Crippen MR) is 314 cm³/mol. The molecule has 4 aliphatic rings. The summed E-state index contributed by atoms with van der Waals surface area (Å²) in [5.41, 5.74) is 28.0. The molecule has 3 heteroatoms. The van der Waals surface area contributed by atoms with E-state index in [-0.39, 0.29) is 44.6 Å². The molecule has 7 aromatic carbocycles. The third kappa shape index (κ3) is 7.56. The van der Waals surface area contributed by atoms with Crippen molar-refractivity contribution >= 4 is 57.2 Å². The van der Waals surface area contributed by atoms with E-state index in [1.807, 2.05) is 0 Å². The third-order valence-corrected chi connectivity index (χ3v) is 17.6. The maximum Gasteiger partial charge on any atom is 0.252 e. The molecular formula is C69H79BN2. The van der Waals surface area contributed by atoms with Gasteiger partial charge in [-0.25, -0.2) is 0 Å². The SMILES string of the molecule is Cc1ccc(-c2ccccc2)cc1N1c2cc(C(C)(C)C)ccc2B2c3cc4c(cc3N(c3ccc(C(C)(C)C)cc3-c3ccc5c(c3)C(C)(C)CC5(C)C)c3cc(C(C)(C)C)cc1c32)C(C)(C)CC4(C)C. The van der Waals surface area contributed by atoms with E-state index in [9.17, 15) is 0 Å². The summed E-state index contributed by atoms with van der Waals surface area (Å²) < 4.78 is 0. The van der Waals surface area contributed by atoms with Gasteiger partial charge in [-0.15, -0.1) is 0 Å². The van der Waals surface area contributed by atoms with E-state index in [2.05, 4.69) is 262 Å². The van der Waals surface area contributed by atoms with Crippen LogP contribution in [0.3, 0.4) is 0 Å². The monoisotopic (exact) mass is 947 g/mol. The normalized spacial score (nSPS) is 17.8. The minimum absolute atomic E-state index is 0.0123. The van der Waals surface area contributed by atoms with Crippen LogP contribution >= 0.6 is 0 Å². The summed E-state index contributed by atoms with van der Waals surface area (Å²) in [5, 5.41) is 0. The van der Waals surface area contributed by atoms with Crippen LogP contribution in [-0.4, -0.2) is 6.71 Å². The molecule has 0 N–H and O–H groups in total. The van der Waals surface area contributed by atoms with E-state index in [0.717, 1.165) is 12.8 Å². The highest BCUT2D eigenvalue weighted by Gasteiger charge is 2.49. The Labute approximate surface area is 434 Å². The summed E-state index contributed by atoms with van der Waals surface area (Å²) in [7, 11) is 0. The average molecular weight is 947 g/mol. The van der Waals surface area contributed by atoms with Crippen LogP contribution in [0.25, 0.3) is 22.3 Å². The number of aryl methyl sites for hydroxylation is 1. The second kappa shape index (κ2) is 15.6. The first-order valence-corrected chi connectivity index (χ1v) is 27.0. The van der Waals surface area contributed by atoms with Crippen molar-refractivity contribution in [2.45, 2.75) is 175 Å². The van der Waals surface area contributed by atoms with Crippen molar-refractivity contribution in [1.29, 1.82) is 0 Å². The molecule has 2 aliphatic heterocycles. The molecule has 0 unspecified atom stereocenters. The Morgan fingerprint density at radius 3 is 1.49 bits per heavy atom. The summed E-state index contributed by atoms with van der Waals surface area (Å²) in [4.78, 5) is 5.42. The van der Waals surface area contributed by atoms with Gasteiger partial charge in [0, 0.05) is 34.0 Å². The van der Waals surface area contributed by atoms with Gasteiger partial charge in [-0.2, -0.15) is 0 Å². The van der Waals surface area contributed by atoms with Crippen LogP contribution < -0.4 is 26.2 Å². The molecule has 7 aromatic rings. The Bertz CT molecular complexity index is 3380. The Morgan fingerprint density at radius 2 is 0.875 bits per heavy atom. The minimum atomic E-state index is -0.144. The second-order valence-electron chi connectivity index (χ2n) is 28.3. The molecule has 0 spiro atoms. The Morgan fingerprint density at radius 1 is 0.375 bits per heavy atom. The minimum Gasteiger partial charge on any atom is -0.311 e. The fourth-order valence-corrected chi connectivity index (χ4v) is 14.1. The van der Waals surface area contributed by atoms with Crippen molar-refractivity contribution < 1.29 is 0 Å². The van der Waals surface area contributed by atoms with Crippen LogP contribution in [0.1, 0.15) is 175 Å². The lowest BCUT2D eigenvalue weighted by Gasteiger charge is -2.46. The molecule has 2 aliphatic carbocycles. The summed E-state index contributed by atoms with van der Waals surface area (Å²) in [6, 6.07) is 51.0. The number of rotatable bonds is 4. The number of benzene rings is 7. The predicted octanol–water partition coefficient (Wildman–Crippen LogP) is 17.2. The molecule has 0 aromatic heterocycles. The lowest BCUT2D eigenvalue weighted by atomic mass is 9.33. The molecule has 0 saturated carbocycles. The fraction of sp³-hybridized carbons (Fsp3) is 0.391. The molecule has 0 radical (unpaired) electrons. The third-order valence-electron chi connectivity index (χ3n) is 17.6. The molecule has 72 heavy (non-hydrogen) atoms. The maximum atomic E-state index is 2.74. The maximum absolute atomic E-state index is 2.74. The number of hydrogen-bond acceptors (Lipinski definition) is 2. The van der Waals surface area contributed by atoms with E-state index < -0.39 is 0 Å². The lowest BCUT2D eigenvalue weighted by Crippen LogP contribution is -2.61. The van der Waals surface area contributed by atoms with Crippen LogP contribution in [0.15, 0.2) is 127 Å². The summed E-state index contributed by atoms with van der Waals surface area (Å²) in [6.45, 7) is 43.4. The first-order valence-electron chi connectivity index (χ1n) is 27.0. The molecule has 0 fully saturated rings. The van der Waals surface area contributed by atoms with Gasteiger partial charge in [-0.3, -0.25) is 0 Å². The van der Waals surface area contributed by atoms with Gasteiger partial charge in [0.1, 0.15) is 0 Å². The summed E-state index contributed by atoms with van der Waals surface area (Å²) in [5.74, 6) is 0. The number of nitrogens with zero attached hydrogens (tertiary/aromatic N) is 2. The van der Waals surface area contributed by atoms with E-state index >= 15 is 0 Å². The summed E-state index contributed by atoms with van der Waals surface area (Å²) >= 11 is 0. The first kappa shape index (κ1) is 48.5. The van der Waals surface area contributed by atoms with Crippen LogP contribution in [0.5, 0.6) is 0 Å². The fourth-order valence-electron chi connectivity index (χ4n) is 14.1. The quantitative estimate of drug-likeness (QED) is 0.162. The van der Waals surface area contributed by atoms with Crippen molar-refractivity contribution in [2.24, 2.45) is 0 Å². The van der Waals surface area contributed by atoms with Crippen molar-refractivity contribution in [1.82, 2.24) is 0 Å². The summed E-state index contributed by atoms with van der Waals surface area (Å²) in [6.07, 6.45) is 2.25. The first-order chi connectivity index (χ1) is 33.5. The average Bonchev–Trinajstić information content (AvgIpc) is 3.60. The van der Waals surface area contributed by atoms with E-state index in [1.165, 1.54) is 117 Å². The van der Waals surface area contributed by atoms with Crippen LogP contribution in [0, 0.1) is 6.92 Å². The topological polar surface area (TPSA) is 6.48 Å². The van der Waals surface area contributed by atoms with Gasteiger partial charge in [-0.1, -0.05) is 203 Å². The van der Waals surface area contributed by atoms with Crippen LogP contribution in [0.4, 0.5) is 34.1 Å². The van der Waals surface area contributed by atoms with Crippen molar-refractivity contribution in [3.8, 4) is 22.3 Å². The lowest BCUT2D eigenvalue weighted by molar-refractivity contribution is 0.403. The van der Waals surface area contributed by atoms with E-state index in [4.69, 9.17) is 0 Å². The Hall–Kier alpha value is -5.80. The van der Waals surface area contributed by atoms with Gasteiger partial charge < -0.3 is 9.80 Å². The van der Waals surface area contributed by atoms with Gasteiger partial charge >= 0.3 is 0 Å². The molecule has 0 bridgehead atoms. The van der Waals surface area contributed by atoms with Crippen molar-refractivity contribution in [3.63, 3.8) is 0 Å². The van der Waals surface area contributed by atoms with Gasteiger partial charge in [-0.05, 0) is 178 Å². The Kier molecular flexibility index (Phi) is 10.5. The number of anilines is 6. The molecule has 0 atom stereocenters. The molecule has 368 valence electrons. The van der Waals surface area contributed by atoms with Gasteiger partial charge in [0.2, 0.25) is 0 Å². The largest absolute Gasteiger partial charge is 0.311 e. The smallest absolute Gasteiger partial charge is 0.252 e. The van der Waals surface area contributed by atoms with Gasteiger partial charge in [0.05, 0.1) is 5.69 Å². The molecular weight excluding hydrogens is 868 g/mol. The number of hydrogen-bond donors (Lipinski definition) is 0. The van der Waals surface area contributed by atoms with Gasteiger partial charge in [0.25, 0.3) is 6.71 Å². The standard InChI is InChI=1S/C69H79BN2/c1-42-24-25-44(43-22-20-19-21-23-43)33-57(42)72-58-35-47(64(5,6)7)27-30-54(58)70-55-38-52-53(69(17,18)41-68(52,15)16)39-59(55)71(60-36-48(65(8,9)10)37-61(72)62(60)70)56-31-28-46(63(2,3)4)34-49(56)45-26-29-50-51(32-45)67(13,14)40-66(50,11)12/h19-39H,40-41H2,1-18H3. The highest BCUT2D eigenvalue weighted by molar-refractivity contribution is 7.00. The highest BCUT2D eigenvalue weighted by Crippen LogP contribution is 2.56. The molecule has 0 saturated heterocycles. The molecule has 11 rings (SSSR count). The number of fused-ring (bicyclic) bond motifs is 6. The molecule has 0 amide bonds. The van der Waals surface area contributed by atoms with Gasteiger partial charge in [0.15, 0.2) is 0 Å². The zero-order chi connectivity index (χ0) is 51.6. The van der Waals surface area contributed by atoms with Crippen molar-refractivity contribution in [3.05, 3.63) is 172 Å². The molecule has 2 heterocycles. The van der Waals surface area contributed by atoms with Crippen LogP contribution in [0.2, 0.25) is 0 Å². The molecule has 2 nitrogen and oxygen atoms in total. The zero-order valence-corrected chi connectivity index (χ0v) is 47.0. The highest BCUT2D eigenvalue weighted by atomic mass is 15.2. The second-order valence-corrected chi connectivity index (χ2v) is 28.3. The van der Waals surface area contributed by atoms with Crippen molar-refractivity contribution in [2.75, 3.05) is 9.80 Å². The van der Waals surface area contributed by atoms with E-state index in [0.29, 0.717) is 0 Å².